The second kappa shape index (κ2) is 14.5. The number of alkyl carbamates (subject to hydrolysis) is 1. The summed E-state index contributed by atoms with van der Waals surface area (Å²) in [6.07, 6.45) is 0.990. The van der Waals surface area contributed by atoms with Crippen LogP contribution in [0.5, 0.6) is 0 Å². The van der Waals surface area contributed by atoms with Crippen molar-refractivity contribution in [2.45, 2.75) is 44.4 Å². The van der Waals surface area contributed by atoms with E-state index in [0.29, 0.717) is 25.9 Å². The maximum Gasteiger partial charge on any atom is 0.407 e. The highest BCUT2D eigenvalue weighted by atomic mass is 16.5. The van der Waals surface area contributed by atoms with Crippen LogP contribution in [0.4, 0.5) is 9.59 Å². The number of likely N-dealkylation sites (N-methyl/N-ethyl adjacent to an activating group) is 1. The van der Waals surface area contributed by atoms with E-state index < -0.39 is 18.3 Å². The first-order chi connectivity index (χ1) is 20.3. The lowest BCUT2D eigenvalue weighted by Gasteiger charge is -2.54. The molecule has 2 fully saturated rings. The number of benzene rings is 2. The van der Waals surface area contributed by atoms with E-state index >= 15 is 0 Å². The van der Waals surface area contributed by atoms with Crippen molar-refractivity contribution in [2.24, 2.45) is 0 Å². The Hall–Kier alpha value is -4.38. The number of amides is 5. The maximum absolute atomic E-state index is 13.9. The van der Waals surface area contributed by atoms with Gasteiger partial charge in [0, 0.05) is 26.7 Å². The van der Waals surface area contributed by atoms with Gasteiger partial charge in [0.1, 0.15) is 18.8 Å². The van der Waals surface area contributed by atoms with Crippen LogP contribution in [0.3, 0.4) is 0 Å². The van der Waals surface area contributed by atoms with Crippen LogP contribution in [-0.4, -0.2) is 95.8 Å². The van der Waals surface area contributed by atoms with Gasteiger partial charge in [0.25, 0.3) is 0 Å². The van der Waals surface area contributed by atoms with Gasteiger partial charge in [0.05, 0.1) is 13.1 Å². The SMILES string of the molecule is C=CCOC(=O)NCCC[C@H]1C(=O)N(CC(C)c2ccccc2)C[C@H]2N1C(=O)CN(C)N2C(=O)NCc1ccccc1. The molecule has 2 aliphatic rings. The topological polar surface area (TPSA) is 115 Å². The van der Waals surface area contributed by atoms with E-state index in [0.717, 1.165) is 11.1 Å². The van der Waals surface area contributed by atoms with Gasteiger partial charge in [-0.1, -0.05) is 80.2 Å². The summed E-state index contributed by atoms with van der Waals surface area (Å²) in [5.74, 6) is -0.339. The van der Waals surface area contributed by atoms with Crippen molar-refractivity contribution < 1.29 is 23.9 Å². The van der Waals surface area contributed by atoms with E-state index in [1.54, 1.807) is 26.9 Å². The quantitative estimate of drug-likeness (QED) is 0.314. The van der Waals surface area contributed by atoms with Crippen LogP contribution in [-0.2, 0) is 20.9 Å². The molecule has 224 valence electrons. The second-order valence-electron chi connectivity index (χ2n) is 10.6. The van der Waals surface area contributed by atoms with Crippen molar-refractivity contribution in [3.05, 3.63) is 84.4 Å². The fourth-order valence-corrected chi connectivity index (χ4v) is 5.49. The standard InChI is InChI=1S/C31H40N6O5/c1-4-18-42-31(41)32-17-11-16-26-29(39)35(20-23(2)25-14-9-6-10-15-25)21-27-36(26)28(38)22-34(3)37(27)30(40)33-19-24-12-7-5-8-13-24/h4-10,12-15,23,26-27H,1,11,16-22H2,2-3H3,(H,32,41)(H,33,40)/t23?,26-,27-/m0/s1. The van der Waals surface area contributed by atoms with Gasteiger partial charge in [0.15, 0.2) is 0 Å². The third kappa shape index (κ3) is 7.47. The minimum atomic E-state index is -0.775. The minimum Gasteiger partial charge on any atom is -0.445 e. The van der Waals surface area contributed by atoms with Crippen molar-refractivity contribution in [3.8, 4) is 0 Å². The molecule has 0 aliphatic carbocycles. The molecule has 2 N–H and O–H groups in total. The highest BCUT2D eigenvalue weighted by molar-refractivity contribution is 5.91. The minimum absolute atomic E-state index is 0.0361. The normalized spacial score (nSPS) is 19.6. The number of carbonyl (C=O) groups is 4. The fourth-order valence-electron chi connectivity index (χ4n) is 5.49. The van der Waals surface area contributed by atoms with Crippen LogP contribution in [0.25, 0.3) is 0 Å². The molecule has 0 aromatic heterocycles. The van der Waals surface area contributed by atoms with Gasteiger partial charge < -0.3 is 25.2 Å². The molecule has 42 heavy (non-hydrogen) atoms. The Labute approximate surface area is 247 Å². The fraction of sp³-hybridized carbons (Fsp3) is 0.419. The molecule has 11 heteroatoms. The molecule has 2 heterocycles. The van der Waals surface area contributed by atoms with Gasteiger partial charge in [-0.05, 0) is 29.9 Å². The number of fused-ring (bicyclic) bond motifs is 1. The predicted molar refractivity (Wildman–Crippen MR) is 158 cm³/mol. The highest BCUT2D eigenvalue weighted by Crippen LogP contribution is 2.29. The van der Waals surface area contributed by atoms with Crippen LogP contribution in [0.1, 0.15) is 36.8 Å². The van der Waals surface area contributed by atoms with Crippen LogP contribution >= 0.6 is 0 Å². The predicted octanol–water partition coefficient (Wildman–Crippen LogP) is 2.92. The number of hydrogen-bond acceptors (Lipinski definition) is 6. The number of urea groups is 1. The number of piperazine rings is 1. The summed E-state index contributed by atoms with van der Waals surface area (Å²) in [7, 11) is 1.71. The summed E-state index contributed by atoms with van der Waals surface area (Å²) in [5.41, 5.74) is 2.05. The third-order valence-electron chi connectivity index (χ3n) is 7.55. The van der Waals surface area contributed by atoms with Crippen molar-refractivity contribution in [3.63, 3.8) is 0 Å². The zero-order valence-corrected chi connectivity index (χ0v) is 24.3. The molecule has 0 bridgehead atoms. The number of hydrogen-bond donors (Lipinski definition) is 2. The average Bonchev–Trinajstić information content (AvgIpc) is 2.99. The van der Waals surface area contributed by atoms with Crippen molar-refractivity contribution in [1.29, 1.82) is 0 Å². The molecular weight excluding hydrogens is 536 g/mol. The first kappa shape index (κ1) is 30.6. The van der Waals surface area contributed by atoms with E-state index in [1.807, 2.05) is 60.7 Å². The Morgan fingerprint density at radius 3 is 2.45 bits per heavy atom. The summed E-state index contributed by atoms with van der Waals surface area (Å²) in [6, 6.07) is 18.4. The van der Waals surface area contributed by atoms with Gasteiger partial charge in [-0.15, -0.1) is 0 Å². The van der Waals surface area contributed by atoms with Crippen molar-refractivity contribution in [1.82, 2.24) is 30.5 Å². The molecule has 5 amide bonds. The molecule has 3 atom stereocenters. The zero-order valence-electron chi connectivity index (χ0n) is 24.3. The number of rotatable bonds is 11. The first-order valence-electron chi connectivity index (χ1n) is 14.3. The zero-order chi connectivity index (χ0) is 30.1. The van der Waals surface area contributed by atoms with Crippen molar-refractivity contribution >= 4 is 23.9 Å². The molecular formula is C31H40N6O5. The number of ether oxygens (including phenoxy) is 1. The molecule has 2 aromatic rings. The second-order valence-corrected chi connectivity index (χ2v) is 10.6. The lowest BCUT2D eigenvalue weighted by atomic mass is 9.97. The summed E-state index contributed by atoms with van der Waals surface area (Å²) in [6.45, 7) is 6.87. The summed E-state index contributed by atoms with van der Waals surface area (Å²) in [4.78, 5) is 56.1. The number of nitrogens with one attached hydrogen (secondary N) is 2. The summed E-state index contributed by atoms with van der Waals surface area (Å²) in [5, 5.41) is 8.81. The average molecular weight is 577 g/mol. The van der Waals surface area contributed by atoms with Crippen LogP contribution in [0.2, 0.25) is 0 Å². The Bertz CT molecular complexity index is 1240. The number of carbonyl (C=O) groups excluding carboxylic acids is 4. The Morgan fingerprint density at radius 2 is 1.76 bits per heavy atom. The largest absolute Gasteiger partial charge is 0.445 e. The molecule has 1 unspecified atom stereocenters. The van der Waals surface area contributed by atoms with E-state index in [9.17, 15) is 19.2 Å². The van der Waals surface area contributed by atoms with Gasteiger partial charge in [-0.25, -0.2) is 19.6 Å². The lowest BCUT2D eigenvalue weighted by Crippen LogP contribution is -2.76. The molecule has 11 nitrogen and oxygen atoms in total. The van der Waals surface area contributed by atoms with E-state index in [2.05, 4.69) is 24.1 Å². The van der Waals surface area contributed by atoms with E-state index in [1.165, 1.54) is 6.08 Å². The number of hydrazine groups is 1. The Balaban J connectivity index is 1.54. The van der Waals surface area contributed by atoms with Gasteiger partial charge in [0.2, 0.25) is 11.8 Å². The molecule has 2 aromatic carbocycles. The highest BCUT2D eigenvalue weighted by Gasteiger charge is 2.50. The van der Waals surface area contributed by atoms with E-state index in [-0.39, 0.29) is 50.0 Å². The molecule has 2 saturated heterocycles. The van der Waals surface area contributed by atoms with Crippen LogP contribution in [0.15, 0.2) is 73.3 Å². The maximum atomic E-state index is 13.9. The Morgan fingerprint density at radius 1 is 1.07 bits per heavy atom. The monoisotopic (exact) mass is 576 g/mol. The van der Waals surface area contributed by atoms with Gasteiger partial charge in [-0.3, -0.25) is 9.59 Å². The molecule has 0 radical (unpaired) electrons. The molecule has 2 aliphatic heterocycles. The van der Waals surface area contributed by atoms with Gasteiger partial charge >= 0.3 is 12.1 Å². The van der Waals surface area contributed by atoms with Gasteiger partial charge in [-0.2, -0.15) is 0 Å². The summed E-state index contributed by atoms with van der Waals surface area (Å²) >= 11 is 0. The molecule has 0 saturated carbocycles. The lowest BCUT2D eigenvalue weighted by molar-refractivity contribution is -0.187. The first-order valence-corrected chi connectivity index (χ1v) is 14.3. The third-order valence-corrected chi connectivity index (χ3v) is 7.55. The molecule has 0 spiro atoms. The summed E-state index contributed by atoms with van der Waals surface area (Å²) < 4.78 is 4.95. The van der Waals surface area contributed by atoms with Crippen LogP contribution in [0, 0.1) is 0 Å². The molecule has 4 rings (SSSR count). The smallest absolute Gasteiger partial charge is 0.407 e. The number of nitrogens with zero attached hydrogens (tertiary/aromatic N) is 4. The van der Waals surface area contributed by atoms with E-state index in [4.69, 9.17) is 4.74 Å². The van der Waals surface area contributed by atoms with Crippen LogP contribution < -0.4 is 10.6 Å². The van der Waals surface area contributed by atoms with Crippen molar-refractivity contribution in [2.75, 3.05) is 39.8 Å². The Kier molecular flexibility index (Phi) is 10.6.